The number of rotatable bonds is 2. The fraction of sp³-hybridized carbons (Fsp3) is 0.333. The van der Waals surface area contributed by atoms with Crippen LogP contribution < -0.4 is 9.03 Å². The van der Waals surface area contributed by atoms with Gasteiger partial charge in [-0.15, -0.1) is 0 Å². The Balaban J connectivity index is 2.69. The van der Waals surface area contributed by atoms with E-state index in [1.54, 1.807) is 12.4 Å². The van der Waals surface area contributed by atoms with Gasteiger partial charge in [-0.05, 0) is 0 Å². The van der Waals surface area contributed by atoms with E-state index in [0.29, 0.717) is 0 Å². The summed E-state index contributed by atoms with van der Waals surface area (Å²) in [6, 6.07) is 0. The SMILES string of the molecule is CCNc1cn[c]([SnH])cn1. The van der Waals surface area contributed by atoms with E-state index in [-0.39, 0.29) is 0 Å². The van der Waals surface area contributed by atoms with Crippen LogP contribution in [-0.4, -0.2) is 39.0 Å². The molecule has 52 valence electrons. The van der Waals surface area contributed by atoms with Crippen LogP contribution in [0.5, 0.6) is 0 Å². The number of hydrogen-bond donors (Lipinski definition) is 1. The molecule has 4 heteroatoms. The van der Waals surface area contributed by atoms with Crippen molar-refractivity contribution in [1.82, 2.24) is 9.97 Å². The van der Waals surface area contributed by atoms with Gasteiger partial charge in [0.15, 0.2) is 0 Å². The third-order valence-electron chi connectivity index (χ3n) is 1.03. The molecular formula is C6H9N3Sn. The fourth-order valence-electron chi connectivity index (χ4n) is 0.610. The molecule has 0 atom stereocenters. The van der Waals surface area contributed by atoms with Crippen LogP contribution in [0.3, 0.4) is 0 Å². The second kappa shape index (κ2) is 3.75. The topological polar surface area (TPSA) is 37.8 Å². The summed E-state index contributed by atoms with van der Waals surface area (Å²) in [6.45, 7) is 2.93. The van der Waals surface area contributed by atoms with Crippen LogP contribution in [0.15, 0.2) is 12.4 Å². The Labute approximate surface area is 73.4 Å². The predicted molar refractivity (Wildman–Crippen MR) is 43.0 cm³/mol. The average molecular weight is 242 g/mol. The summed E-state index contributed by atoms with van der Waals surface area (Å²) in [5, 5.41) is 3.08. The quantitative estimate of drug-likeness (QED) is 0.706. The minimum absolute atomic E-state index is 0.862. The van der Waals surface area contributed by atoms with Gasteiger partial charge in [0.2, 0.25) is 0 Å². The molecule has 1 N–H and O–H groups in total. The molecule has 2 radical (unpaired) electrons. The molecule has 0 saturated carbocycles. The van der Waals surface area contributed by atoms with E-state index >= 15 is 0 Å². The van der Waals surface area contributed by atoms with E-state index in [4.69, 9.17) is 0 Å². The van der Waals surface area contributed by atoms with Gasteiger partial charge in [0.05, 0.1) is 0 Å². The second-order valence-corrected chi connectivity index (χ2v) is 3.55. The molecular weight excluding hydrogens is 233 g/mol. The van der Waals surface area contributed by atoms with Crippen LogP contribution in [0, 0.1) is 0 Å². The zero-order valence-corrected chi connectivity index (χ0v) is 9.13. The van der Waals surface area contributed by atoms with Crippen LogP contribution in [0.25, 0.3) is 0 Å². The summed E-state index contributed by atoms with van der Waals surface area (Å²) < 4.78 is 1.08. The van der Waals surface area contributed by atoms with Crippen molar-refractivity contribution in [3.05, 3.63) is 12.4 Å². The maximum absolute atomic E-state index is 4.13. The van der Waals surface area contributed by atoms with Crippen LogP contribution in [0.2, 0.25) is 0 Å². The molecule has 3 nitrogen and oxygen atoms in total. The van der Waals surface area contributed by atoms with Gasteiger partial charge in [0.25, 0.3) is 0 Å². The molecule has 0 bridgehead atoms. The molecule has 1 aromatic heterocycles. The Morgan fingerprint density at radius 2 is 2.30 bits per heavy atom. The van der Waals surface area contributed by atoms with Gasteiger partial charge in [-0.2, -0.15) is 0 Å². The standard InChI is InChI=1S/C6H8N3.Sn.H/c1-2-8-6-5-7-3-4-9-6;;/h4-5H,2H2,1H3,(H,8,9);;. The third kappa shape index (κ3) is 2.13. The molecule has 1 aromatic rings. The van der Waals surface area contributed by atoms with Crippen molar-refractivity contribution in [3.63, 3.8) is 0 Å². The minimum atomic E-state index is 0.862. The van der Waals surface area contributed by atoms with Gasteiger partial charge in [0, 0.05) is 0 Å². The molecule has 0 aliphatic carbocycles. The Kier molecular flexibility index (Phi) is 2.92. The van der Waals surface area contributed by atoms with Crippen molar-refractivity contribution in [2.45, 2.75) is 6.92 Å². The Morgan fingerprint density at radius 1 is 1.50 bits per heavy atom. The van der Waals surface area contributed by atoms with Crippen molar-refractivity contribution < 1.29 is 0 Å². The molecule has 0 spiro atoms. The summed E-state index contributed by atoms with van der Waals surface area (Å²) >= 11 is 1.03. The average Bonchev–Trinajstić information content (AvgIpc) is 1.95. The first-order chi connectivity index (χ1) is 4.83. The summed E-state index contributed by atoms with van der Waals surface area (Å²) in [7, 11) is 0. The van der Waals surface area contributed by atoms with E-state index in [2.05, 4.69) is 15.3 Å². The van der Waals surface area contributed by atoms with Gasteiger partial charge in [0.1, 0.15) is 0 Å². The van der Waals surface area contributed by atoms with Crippen LogP contribution in [0.1, 0.15) is 6.92 Å². The van der Waals surface area contributed by atoms with Gasteiger partial charge in [-0.3, -0.25) is 0 Å². The van der Waals surface area contributed by atoms with Gasteiger partial charge >= 0.3 is 73.2 Å². The molecule has 1 heterocycles. The zero-order valence-electron chi connectivity index (χ0n) is 5.83. The van der Waals surface area contributed by atoms with Crippen molar-refractivity contribution in [2.24, 2.45) is 0 Å². The summed E-state index contributed by atoms with van der Waals surface area (Å²) in [5.41, 5.74) is 0. The number of aromatic nitrogens is 2. The Morgan fingerprint density at radius 3 is 2.80 bits per heavy atom. The van der Waals surface area contributed by atoms with Crippen molar-refractivity contribution in [1.29, 1.82) is 0 Å². The summed E-state index contributed by atoms with van der Waals surface area (Å²) in [5.74, 6) is 0.862. The van der Waals surface area contributed by atoms with Crippen molar-refractivity contribution in [3.8, 4) is 0 Å². The summed E-state index contributed by atoms with van der Waals surface area (Å²) in [4.78, 5) is 8.26. The predicted octanol–water partition coefficient (Wildman–Crippen LogP) is -0.566. The van der Waals surface area contributed by atoms with E-state index in [0.717, 1.165) is 38.6 Å². The van der Waals surface area contributed by atoms with Crippen LogP contribution in [-0.2, 0) is 0 Å². The molecule has 10 heavy (non-hydrogen) atoms. The van der Waals surface area contributed by atoms with E-state index in [1.807, 2.05) is 6.92 Å². The normalized spacial score (nSPS) is 9.40. The fourth-order valence-corrected chi connectivity index (χ4v) is 1.04. The van der Waals surface area contributed by atoms with E-state index < -0.39 is 0 Å². The molecule has 0 amide bonds. The van der Waals surface area contributed by atoms with Crippen molar-refractivity contribution in [2.75, 3.05) is 11.9 Å². The molecule has 0 aliphatic rings. The van der Waals surface area contributed by atoms with Crippen molar-refractivity contribution >= 4 is 32.1 Å². The zero-order chi connectivity index (χ0) is 7.40. The molecule has 0 fully saturated rings. The molecule has 0 unspecified atom stereocenters. The van der Waals surface area contributed by atoms with E-state index in [1.165, 1.54) is 0 Å². The number of anilines is 1. The van der Waals surface area contributed by atoms with E-state index in [9.17, 15) is 0 Å². The van der Waals surface area contributed by atoms with Crippen LogP contribution in [0.4, 0.5) is 5.82 Å². The van der Waals surface area contributed by atoms with Gasteiger partial charge < -0.3 is 0 Å². The maximum atomic E-state index is 4.13. The first-order valence-corrected chi connectivity index (χ1v) is 4.79. The molecule has 0 aromatic carbocycles. The number of nitrogens with one attached hydrogen (secondary N) is 1. The molecule has 0 saturated heterocycles. The Hall–Kier alpha value is -0.321. The third-order valence-corrected chi connectivity index (χ3v) is 1.88. The first kappa shape index (κ1) is 7.78. The van der Waals surface area contributed by atoms with Gasteiger partial charge in [-0.1, -0.05) is 0 Å². The number of nitrogens with zero attached hydrogens (tertiary/aromatic N) is 2. The van der Waals surface area contributed by atoms with Gasteiger partial charge in [-0.25, -0.2) is 0 Å². The first-order valence-electron chi connectivity index (χ1n) is 3.14. The molecule has 0 aliphatic heterocycles. The Bertz CT molecular complexity index is 197. The second-order valence-electron chi connectivity index (χ2n) is 1.86. The number of hydrogen-bond acceptors (Lipinski definition) is 3. The summed E-state index contributed by atoms with van der Waals surface area (Å²) in [6.07, 6.45) is 3.57. The monoisotopic (exact) mass is 243 g/mol. The van der Waals surface area contributed by atoms with Crippen LogP contribution >= 0.6 is 0 Å². The molecule has 1 rings (SSSR count).